The highest BCUT2D eigenvalue weighted by molar-refractivity contribution is 6.04. The summed E-state index contributed by atoms with van der Waals surface area (Å²) in [6, 6.07) is 18.5. The third-order valence-corrected chi connectivity index (χ3v) is 5.50. The molecular formula is C21H23NO. The van der Waals surface area contributed by atoms with E-state index >= 15 is 0 Å². The highest BCUT2D eigenvalue weighted by atomic mass is 16.1. The van der Waals surface area contributed by atoms with E-state index in [-0.39, 0.29) is 11.3 Å². The number of ketones is 1. The number of carbonyl (C=O) groups excluding carboxylic acids is 1. The summed E-state index contributed by atoms with van der Waals surface area (Å²) in [5, 5.41) is 3.76. The summed E-state index contributed by atoms with van der Waals surface area (Å²) >= 11 is 0. The predicted molar refractivity (Wildman–Crippen MR) is 93.7 cm³/mol. The van der Waals surface area contributed by atoms with Crippen LogP contribution in [-0.2, 0) is 5.54 Å². The van der Waals surface area contributed by atoms with E-state index in [1.165, 1.54) is 31.2 Å². The van der Waals surface area contributed by atoms with Gasteiger partial charge in [0.15, 0.2) is 5.78 Å². The van der Waals surface area contributed by atoms with Crippen LogP contribution in [0.1, 0.15) is 54.4 Å². The van der Waals surface area contributed by atoms with E-state index in [1.54, 1.807) is 0 Å². The van der Waals surface area contributed by atoms with Gasteiger partial charge in [0, 0.05) is 17.7 Å². The largest absolute Gasteiger partial charge is 0.374 e. The normalized spacial score (nSPS) is 24.3. The molecule has 1 atom stereocenters. The molecule has 1 unspecified atom stereocenters. The fourth-order valence-electron chi connectivity index (χ4n) is 4.39. The number of benzene rings is 2. The zero-order valence-electron chi connectivity index (χ0n) is 13.4. The number of nitrogens with one attached hydrogen (secondary N) is 1. The van der Waals surface area contributed by atoms with Crippen LogP contribution in [0.3, 0.4) is 0 Å². The average molecular weight is 305 g/mol. The minimum Gasteiger partial charge on any atom is -0.374 e. The molecule has 0 radical (unpaired) electrons. The van der Waals surface area contributed by atoms with Gasteiger partial charge in [-0.15, -0.1) is 0 Å². The quantitative estimate of drug-likeness (QED) is 0.848. The van der Waals surface area contributed by atoms with E-state index in [0.29, 0.717) is 6.42 Å². The molecule has 2 aromatic carbocycles. The van der Waals surface area contributed by atoms with E-state index in [0.717, 1.165) is 23.6 Å². The smallest absolute Gasteiger partial charge is 0.167 e. The van der Waals surface area contributed by atoms with Crippen molar-refractivity contribution >= 4 is 11.5 Å². The Kier molecular flexibility index (Phi) is 3.68. The molecule has 1 fully saturated rings. The first kappa shape index (κ1) is 14.5. The first-order valence-electron chi connectivity index (χ1n) is 8.73. The maximum Gasteiger partial charge on any atom is 0.167 e. The maximum atomic E-state index is 12.8. The topological polar surface area (TPSA) is 29.1 Å². The van der Waals surface area contributed by atoms with Gasteiger partial charge >= 0.3 is 0 Å². The molecule has 0 spiro atoms. The molecule has 1 aliphatic carbocycles. The molecule has 0 saturated heterocycles. The standard InChI is InChI=1S/C21H23NO/c23-20-15-21(14-16-8-4-5-9-16,17-10-2-1-3-11-17)22-19-13-7-6-12-18(19)20/h1-3,6-7,10-13,16,22H,4-5,8-9,14-15H2. The molecule has 118 valence electrons. The molecular weight excluding hydrogens is 282 g/mol. The summed E-state index contributed by atoms with van der Waals surface area (Å²) in [6.07, 6.45) is 6.87. The van der Waals surface area contributed by atoms with Gasteiger partial charge in [-0.05, 0) is 30.0 Å². The summed E-state index contributed by atoms with van der Waals surface area (Å²) in [5.74, 6) is 0.988. The molecule has 1 N–H and O–H groups in total. The first-order chi connectivity index (χ1) is 11.3. The number of hydrogen-bond donors (Lipinski definition) is 1. The Labute approximate surface area is 137 Å². The van der Waals surface area contributed by atoms with Crippen molar-refractivity contribution in [2.24, 2.45) is 5.92 Å². The van der Waals surface area contributed by atoms with Crippen LogP contribution in [0.15, 0.2) is 54.6 Å². The SMILES string of the molecule is O=C1CC(CC2CCCC2)(c2ccccc2)Nc2ccccc21. The van der Waals surface area contributed by atoms with Gasteiger partial charge in [-0.2, -0.15) is 0 Å². The zero-order chi connectivity index (χ0) is 15.7. The fraction of sp³-hybridized carbons (Fsp3) is 0.381. The van der Waals surface area contributed by atoms with E-state index in [9.17, 15) is 4.79 Å². The second-order valence-electron chi connectivity index (χ2n) is 7.07. The number of Topliss-reactive ketones (excluding diaryl/α,β-unsaturated/α-hetero) is 1. The van der Waals surface area contributed by atoms with Crippen molar-refractivity contribution in [3.05, 3.63) is 65.7 Å². The average Bonchev–Trinajstić information content (AvgIpc) is 3.08. The van der Waals surface area contributed by atoms with Gasteiger partial charge in [-0.1, -0.05) is 68.1 Å². The number of hydrogen-bond acceptors (Lipinski definition) is 2. The Morgan fingerprint density at radius 1 is 0.957 bits per heavy atom. The number of rotatable bonds is 3. The van der Waals surface area contributed by atoms with E-state index in [4.69, 9.17) is 0 Å². The van der Waals surface area contributed by atoms with Crippen molar-refractivity contribution < 1.29 is 4.79 Å². The molecule has 1 aliphatic heterocycles. The predicted octanol–water partition coefficient (Wildman–Crippen LogP) is 5.16. The van der Waals surface area contributed by atoms with Crippen molar-refractivity contribution in [2.75, 3.05) is 5.32 Å². The molecule has 1 saturated carbocycles. The molecule has 2 aromatic rings. The van der Waals surface area contributed by atoms with Gasteiger partial charge in [0.1, 0.15) is 0 Å². The van der Waals surface area contributed by atoms with Gasteiger partial charge in [0.2, 0.25) is 0 Å². The molecule has 0 bridgehead atoms. The minimum atomic E-state index is -0.248. The third kappa shape index (κ3) is 2.67. The molecule has 0 aromatic heterocycles. The second kappa shape index (κ2) is 5.84. The number of para-hydroxylation sites is 1. The number of carbonyl (C=O) groups is 1. The number of anilines is 1. The molecule has 4 rings (SSSR count). The van der Waals surface area contributed by atoms with Crippen molar-refractivity contribution in [2.45, 2.75) is 44.1 Å². The van der Waals surface area contributed by atoms with Crippen molar-refractivity contribution in [3.63, 3.8) is 0 Å². The monoisotopic (exact) mass is 305 g/mol. The molecule has 2 heteroatoms. The lowest BCUT2D eigenvalue weighted by molar-refractivity contribution is 0.0939. The molecule has 23 heavy (non-hydrogen) atoms. The van der Waals surface area contributed by atoms with Crippen molar-refractivity contribution in [3.8, 4) is 0 Å². The van der Waals surface area contributed by atoms with Crippen LogP contribution in [-0.4, -0.2) is 5.78 Å². The van der Waals surface area contributed by atoms with Crippen molar-refractivity contribution in [1.29, 1.82) is 0 Å². The third-order valence-electron chi connectivity index (χ3n) is 5.50. The van der Waals surface area contributed by atoms with Gasteiger partial charge in [0.05, 0.1) is 5.54 Å². The highest BCUT2D eigenvalue weighted by Gasteiger charge is 2.41. The lowest BCUT2D eigenvalue weighted by atomic mass is 9.74. The van der Waals surface area contributed by atoms with E-state index in [2.05, 4.69) is 29.6 Å². The summed E-state index contributed by atoms with van der Waals surface area (Å²) in [7, 11) is 0. The summed E-state index contributed by atoms with van der Waals surface area (Å²) in [6.45, 7) is 0. The van der Waals surface area contributed by atoms with Gasteiger partial charge in [-0.3, -0.25) is 4.79 Å². The van der Waals surface area contributed by atoms with Gasteiger partial charge in [-0.25, -0.2) is 0 Å². The van der Waals surface area contributed by atoms with Crippen molar-refractivity contribution in [1.82, 2.24) is 0 Å². The van der Waals surface area contributed by atoms with Crippen LogP contribution in [0.5, 0.6) is 0 Å². The Morgan fingerprint density at radius 3 is 2.43 bits per heavy atom. The Bertz CT molecular complexity index is 703. The van der Waals surface area contributed by atoms with Crippen LogP contribution < -0.4 is 5.32 Å². The van der Waals surface area contributed by atoms with Crippen LogP contribution in [0, 0.1) is 5.92 Å². The lowest BCUT2D eigenvalue weighted by Gasteiger charge is -2.41. The van der Waals surface area contributed by atoms with Crippen LogP contribution in [0.25, 0.3) is 0 Å². The van der Waals surface area contributed by atoms with E-state index in [1.807, 2.05) is 30.3 Å². The maximum absolute atomic E-state index is 12.8. The molecule has 1 heterocycles. The Balaban J connectivity index is 1.76. The first-order valence-corrected chi connectivity index (χ1v) is 8.73. The molecule has 2 aliphatic rings. The summed E-state index contributed by atoms with van der Waals surface area (Å²) in [5.41, 5.74) is 2.83. The number of fused-ring (bicyclic) bond motifs is 1. The summed E-state index contributed by atoms with van der Waals surface area (Å²) < 4.78 is 0. The van der Waals surface area contributed by atoms with Crippen LogP contribution in [0.4, 0.5) is 5.69 Å². The second-order valence-corrected chi connectivity index (χ2v) is 7.07. The Hall–Kier alpha value is -2.09. The minimum absolute atomic E-state index is 0.248. The van der Waals surface area contributed by atoms with Gasteiger partial charge in [0.25, 0.3) is 0 Å². The van der Waals surface area contributed by atoms with Gasteiger partial charge < -0.3 is 5.32 Å². The molecule has 2 nitrogen and oxygen atoms in total. The van der Waals surface area contributed by atoms with E-state index < -0.39 is 0 Å². The fourth-order valence-corrected chi connectivity index (χ4v) is 4.39. The molecule has 0 amide bonds. The summed E-state index contributed by atoms with van der Waals surface area (Å²) in [4.78, 5) is 12.8. The Morgan fingerprint density at radius 2 is 1.65 bits per heavy atom. The zero-order valence-corrected chi connectivity index (χ0v) is 13.4. The van der Waals surface area contributed by atoms with Crippen LogP contribution in [0.2, 0.25) is 0 Å². The van der Waals surface area contributed by atoms with Crippen LogP contribution >= 0.6 is 0 Å². The lowest BCUT2D eigenvalue weighted by Crippen LogP contribution is -2.42. The highest BCUT2D eigenvalue weighted by Crippen LogP contribution is 2.44.